The number of furan rings is 1. The lowest BCUT2D eigenvalue weighted by molar-refractivity contribution is -0.0493. The van der Waals surface area contributed by atoms with Crippen LogP contribution in [0.15, 0.2) is 71.3 Å². The first-order valence-corrected chi connectivity index (χ1v) is 7.83. The van der Waals surface area contributed by atoms with Crippen molar-refractivity contribution in [2.45, 2.75) is 6.61 Å². The second-order valence-corrected chi connectivity index (χ2v) is 5.34. The molecule has 27 heavy (non-hydrogen) atoms. The van der Waals surface area contributed by atoms with Gasteiger partial charge in [-0.05, 0) is 48.5 Å². The van der Waals surface area contributed by atoms with Gasteiger partial charge in [-0.2, -0.15) is 8.78 Å². The van der Waals surface area contributed by atoms with Crippen molar-refractivity contribution in [3.8, 4) is 5.75 Å². The summed E-state index contributed by atoms with van der Waals surface area (Å²) in [7, 11) is 0. The van der Waals surface area contributed by atoms with Gasteiger partial charge >= 0.3 is 6.61 Å². The predicted molar refractivity (Wildman–Crippen MR) is 94.1 cm³/mol. The number of benzene rings is 2. The third-order valence-electron chi connectivity index (χ3n) is 3.50. The number of rotatable bonds is 6. The smallest absolute Gasteiger partial charge is 0.387 e. The first-order valence-electron chi connectivity index (χ1n) is 7.83. The van der Waals surface area contributed by atoms with Crippen LogP contribution in [-0.4, -0.2) is 18.4 Å². The Labute approximate surface area is 152 Å². The van der Waals surface area contributed by atoms with Gasteiger partial charge in [0.15, 0.2) is 5.76 Å². The molecular weight excluding hydrogens is 358 g/mol. The van der Waals surface area contributed by atoms with E-state index in [1.54, 1.807) is 12.1 Å². The molecule has 0 fully saturated rings. The molecule has 3 aromatic rings. The number of hydrogen-bond acceptors (Lipinski definition) is 4. The predicted octanol–water partition coefficient (Wildman–Crippen LogP) is 4.39. The summed E-state index contributed by atoms with van der Waals surface area (Å²) in [5, 5.41) is 5.14. The van der Waals surface area contributed by atoms with Gasteiger partial charge in [-0.25, -0.2) is 0 Å². The van der Waals surface area contributed by atoms with Crippen LogP contribution in [0.3, 0.4) is 0 Å². The Morgan fingerprint density at radius 2 is 1.63 bits per heavy atom. The van der Waals surface area contributed by atoms with Crippen LogP contribution in [0.1, 0.15) is 20.9 Å². The topological polar surface area (TPSA) is 80.6 Å². The second-order valence-electron chi connectivity index (χ2n) is 5.34. The average Bonchev–Trinajstić information content (AvgIpc) is 3.18. The van der Waals surface area contributed by atoms with E-state index < -0.39 is 18.4 Å². The molecule has 2 N–H and O–H groups in total. The molecule has 8 heteroatoms. The molecule has 0 bridgehead atoms. The Kier molecular flexibility index (Phi) is 5.46. The van der Waals surface area contributed by atoms with E-state index in [1.807, 2.05) is 0 Å². The third kappa shape index (κ3) is 4.69. The molecule has 2 aromatic carbocycles. The Morgan fingerprint density at radius 1 is 0.889 bits per heavy atom. The molecule has 0 unspecified atom stereocenters. The number of alkyl halides is 2. The molecule has 1 heterocycles. The van der Waals surface area contributed by atoms with E-state index in [0.717, 1.165) is 0 Å². The summed E-state index contributed by atoms with van der Waals surface area (Å²) in [6.45, 7) is -3.00. The fraction of sp³-hybridized carbons (Fsp3) is 0.0526. The highest BCUT2D eigenvalue weighted by atomic mass is 19.3. The van der Waals surface area contributed by atoms with E-state index in [0.29, 0.717) is 5.69 Å². The van der Waals surface area contributed by atoms with Crippen LogP contribution >= 0.6 is 0 Å². The Hall–Kier alpha value is -3.68. The largest absolute Gasteiger partial charge is 0.459 e. The van der Waals surface area contributed by atoms with Gasteiger partial charge in [0.2, 0.25) is 0 Å². The van der Waals surface area contributed by atoms with Crippen molar-refractivity contribution in [1.82, 2.24) is 0 Å². The number of amides is 2. The maximum atomic E-state index is 12.4. The number of carbonyl (C=O) groups excluding carboxylic acids is 2. The Morgan fingerprint density at radius 3 is 2.30 bits per heavy atom. The van der Waals surface area contributed by atoms with Crippen LogP contribution in [0, 0.1) is 0 Å². The summed E-state index contributed by atoms with van der Waals surface area (Å²) >= 11 is 0. The highest BCUT2D eigenvalue weighted by molar-refractivity contribution is 6.06. The molecule has 2 amide bonds. The average molecular weight is 372 g/mol. The van der Waals surface area contributed by atoms with Crippen LogP contribution < -0.4 is 15.4 Å². The molecule has 0 aliphatic rings. The highest BCUT2D eigenvalue weighted by Gasteiger charge is 2.13. The lowest BCUT2D eigenvalue weighted by Gasteiger charge is -2.12. The summed E-state index contributed by atoms with van der Waals surface area (Å²) in [6, 6.07) is 15.1. The van der Waals surface area contributed by atoms with E-state index in [4.69, 9.17) is 4.42 Å². The SMILES string of the molecule is O=C(Nc1ccccc1OC(F)F)c1ccc(NC(=O)c2ccco2)cc1. The normalized spacial score (nSPS) is 10.5. The van der Waals surface area contributed by atoms with E-state index in [-0.39, 0.29) is 22.8 Å². The number of para-hydroxylation sites is 2. The van der Waals surface area contributed by atoms with Crippen LogP contribution in [-0.2, 0) is 0 Å². The minimum Gasteiger partial charge on any atom is -0.459 e. The van der Waals surface area contributed by atoms with Crippen molar-refractivity contribution in [3.05, 3.63) is 78.3 Å². The Bertz CT molecular complexity index is 925. The van der Waals surface area contributed by atoms with E-state index in [1.165, 1.54) is 54.8 Å². The van der Waals surface area contributed by atoms with Crippen LogP contribution in [0.2, 0.25) is 0 Å². The van der Waals surface area contributed by atoms with Crippen molar-refractivity contribution < 1.29 is 27.5 Å². The highest BCUT2D eigenvalue weighted by Crippen LogP contribution is 2.26. The van der Waals surface area contributed by atoms with Gasteiger partial charge in [-0.3, -0.25) is 9.59 Å². The summed E-state index contributed by atoms with van der Waals surface area (Å²) in [5.41, 5.74) is 0.866. The fourth-order valence-corrected chi connectivity index (χ4v) is 2.27. The molecular formula is C19H14F2N2O4. The van der Waals surface area contributed by atoms with Crippen molar-refractivity contribution in [1.29, 1.82) is 0 Å². The summed E-state index contributed by atoms with van der Waals surface area (Å²) in [6.07, 6.45) is 1.39. The monoisotopic (exact) mass is 372 g/mol. The van der Waals surface area contributed by atoms with Gasteiger partial charge in [0.05, 0.1) is 12.0 Å². The minimum absolute atomic E-state index is 0.123. The summed E-state index contributed by atoms with van der Waals surface area (Å²) in [5.74, 6) is -0.907. The second kappa shape index (κ2) is 8.13. The molecule has 0 saturated heterocycles. The van der Waals surface area contributed by atoms with Gasteiger partial charge in [0.25, 0.3) is 11.8 Å². The molecule has 6 nitrogen and oxygen atoms in total. The standard InChI is InChI=1S/C19H14F2N2O4/c20-19(21)27-15-5-2-1-4-14(15)23-17(24)12-7-9-13(10-8-12)22-18(25)16-6-3-11-26-16/h1-11,19H,(H,22,25)(H,23,24). The van der Waals surface area contributed by atoms with Gasteiger partial charge < -0.3 is 19.8 Å². The fourth-order valence-electron chi connectivity index (χ4n) is 2.27. The third-order valence-corrected chi connectivity index (χ3v) is 3.50. The zero-order chi connectivity index (χ0) is 19.2. The number of nitrogens with one attached hydrogen (secondary N) is 2. The van der Waals surface area contributed by atoms with Crippen molar-refractivity contribution in [2.24, 2.45) is 0 Å². The van der Waals surface area contributed by atoms with E-state index >= 15 is 0 Å². The van der Waals surface area contributed by atoms with Crippen LogP contribution in [0.5, 0.6) is 5.75 Å². The molecule has 0 radical (unpaired) electrons. The maximum absolute atomic E-state index is 12.4. The zero-order valence-corrected chi connectivity index (χ0v) is 13.8. The number of carbonyl (C=O) groups is 2. The van der Waals surface area contributed by atoms with E-state index in [2.05, 4.69) is 15.4 Å². The van der Waals surface area contributed by atoms with E-state index in [9.17, 15) is 18.4 Å². The van der Waals surface area contributed by atoms with Gasteiger partial charge in [0, 0.05) is 11.3 Å². The summed E-state index contributed by atoms with van der Waals surface area (Å²) in [4.78, 5) is 24.2. The molecule has 3 rings (SSSR count). The van der Waals surface area contributed by atoms with Gasteiger partial charge in [-0.15, -0.1) is 0 Å². The number of ether oxygens (including phenoxy) is 1. The molecule has 1 aromatic heterocycles. The maximum Gasteiger partial charge on any atom is 0.387 e. The molecule has 0 aliphatic carbocycles. The number of halogens is 2. The first-order chi connectivity index (χ1) is 13.0. The quantitative estimate of drug-likeness (QED) is 0.673. The number of hydrogen-bond donors (Lipinski definition) is 2. The number of anilines is 2. The molecule has 0 spiro atoms. The van der Waals surface area contributed by atoms with Crippen LogP contribution in [0.4, 0.5) is 20.2 Å². The Balaban J connectivity index is 1.67. The molecule has 138 valence electrons. The zero-order valence-electron chi connectivity index (χ0n) is 13.8. The van der Waals surface area contributed by atoms with Crippen molar-refractivity contribution in [2.75, 3.05) is 10.6 Å². The van der Waals surface area contributed by atoms with Crippen LogP contribution in [0.25, 0.3) is 0 Å². The summed E-state index contributed by atoms with van der Waals surface area (Å²) < 4.78 is 34.2. The van der Waals surface area contributed by atoms with Gasteiger partial charge in [0.1, 0.15) is 5.75 Å². The first kappa shape index (κ1) is 18.1. The lowest BCUT2D eigenvalue weighted by Crippen LogP contribution is -2.14. The molecule has 0 atom stereocenters. The lowest BCUT2D eigenvalue weighted by atomic mass is 10.2. The molecule has 0 saturated carbocycles. The van der Waals surface area contributed by atoms with Crippen molar-refractivity contribution in [3.63, 3.8) is 0 Å². The van der Waals surface area contributed by atoms with Crippen molar-refractivity contribution >= 4 is 23.2 Å². The molecule has 0 aliphatic heterocycles. The minimum atomic E-state index is -3.00. The van der Waals surface area contributed by atoms with Gasteiger partial charge in [-0.1, -0.05) is 12.1 Å².